The Morgan fingerprint density at radius 2 is 2.05 bits per heavy atom. The second kappa shape index (κ2) is 10.8. The van der Waals surface area contributed by atoms with Gasteiger partial charge in [0.25, 0.3) is 0 Å². The van der Waals surface area contributed by atoms with E-state index in [0.29, 0.717) is 5.73 Å². The normalized spacial score (nSPS) is 13.9. The van der Waals surface area contributed by atoms with Gasteiger partial charge in [0.15, 0.2) is 0 Å². The zero-order valence-corrected chi connectivity index (χ0v) is 15.0. The summed E-state index contributed by atoms with van der Waals surface area (Å²) < 4.78 is 11.9. The van der Waals surface area contributed by atoms with Gasteiger partial charge in [-0.1, -0.05) is 50.3 Å². The number of hydrogen-bond donors (Lipinski definition) is 0. The quantitative estimate of drug-likeness (QED) is 0.446. The Morgan fingerprint density at radius 3 is 2.71 bits per heavy atom. The van der Waals surface area contributed by atoms with E-state index in [1.165, 1.54) is 23.6 Å². The highest BCUT2D eigenvalue weighted by molar-refractivity contribution is 6.53. The first kappa shape index (κ1) is 18.1. The van der Waals surface area contributed by atoms with E-state index in [4.69, 9.17) is 9.16 Å². The number of rotatable bonds is 11. The van der Waals surface area contributed by atoms with Crippen LogP contribution >= 0.6 is 0 Å². The van der Waals surface area contributed by atoms with Gasteiger partial charge in [-0.25, -0.2) is 0 Å². The molecule has 1 aromatic rings. The summed E-state index contributed by atoms with van der Waals surface area (Å²) >= 11 is 0. The molecule has 0 amide bonds. The summed E-state index contributed by atoms with van der Waals surface area (Å²) in [4.78, 5) is 0. The summed E-state index contributed by atoms with van der Waals surface area (Å²) in [6, 6.07) is 9.65. The highest BCUT2D eigenvalue weighted by atomic mass is 28.3. The molecular weight excluding hydrogens is 276 g/mol. The lowest BCUT2D eigenvalue weighted by Crippen LogP contribution is -2.34. The lowest BCUT2D eigenvalue weighted by molar-refractivity contribution is 0.108. The molecule has 0 saturated heterocycles. The fourth-order valence-electron chi connectivity index (χ4n) is 2.57. The molecule has 0 saturated carbocycles. The minimum Gasteiger partial charge on any atom is -0.417 e. The van der Waals surface area contributed by atoms with Gasteiger partial charge in [-0.3, -0.25) is 0 Å². The third-order valence-corrected chi connectivity index (χ3v) is 6.77. The van der Waals surface area contributed by atoms with Crippen molar-refractivity contribution in [3.8, 4) is 0 Å². The molecule has 0 fully saturated rings. The minimum atomic E-state index is -1.23. The standard InChI is InChI=1S/C18H30O2Si/c1-5-15-21(16(4)19-7-3)20-14-10-13-18-12-9-8-11-17(18)6-2/h6,8-9,11-12,16,21H,2,5,7,10,13-15H2,1,3-4H3. The fraction of sp³-hybridized carbons (Fsp3) is 0.556. The molecule has 2 atom stereocenters. The van der Waals surface area contributed by atoms with Gasteiger partial charge in [0.1, 0.15) is 0 Å². The van der Waals surface area contributed by atoms with Crippen LogP contribution in [0.4, 0.5) is 0 Å². The minimum absolute atomic E-state index is 0.315. The van der Waals surface area contributed by atoms with Gasteiger partial charge in [-0.05, 0) is 43.9 Å². The monoisotopic (exact) mass is 306 g/mol. The fourth-order valence-corrected chi connectivity index (χ4v) is 4.92. The smallest absolute Gasteiger partial charge is 0.204 e. The molecule has 0 heterocycles. The molecule has 0 radical (unpaired) electrons. The lowest BCUT2D eigenvalue weighted by atomic mass is 10.0. The predicted octanol–water partition coefficient (Wildman–Crippen LogP) is 4.38. The molecular formula is C18H30O2Si. The van der Waals surface area contributed by atoms with Crippen LogP contribution < -0.4 is 0 Å². The molecule has 0 aliphatic rings. The first-order chi connectivity index (χ1) is 10.2. The first-order valence-electron chi connectivity index (χ1n) is 8.16. The van der Waals surface area contributed by atoms with Gasteiger partial charge >= 0.3 is 0 Å². The lowest BCUT2D eigenvalue weighted by Gasteiger charge is -2.22. The van der Waals surface area contributed by atoms with Crippen LogP contribution in [0.1, 0.15) is 44.7 Å². The average molecular weight is 307 g/mol. The molecule has 0 aromatic heterocycles. The van der Waals surface area contributed by atoms with Crippen LogP contribution in [0.25, 0.3) is 6.08 Å². The van der Waals surface area contributed by atoms with E-state index in [2.05, 4.69) is 51.6 Å². The number of ether oxygens (including phenoxy) is 1. The van der Waals surface area contributed by atoms with Gasteiger partial charge in [-0.2, -0.15) is 0 Å². The maximum Gasteiger partial charge on any atom is 0.204 e. The molecule has 2 unspecified atom stereocenters. The molecule has 1 rings (SSSR count). The Hall–Kier alpha value is -0.903. The molecule has 0 aliphatic carbocycles. The van der Waals surface area contributed by atoms with E-state index in [-0.39, 0.29) is 0 Å². The van der Waals surface area contributed by atoms with Gasteiger partial charge < -0.3 is 9.16 Å². The maximum atomic E-state index is 6.18. The van der Waals surface area contributed by atoms with E-state index in [9.17, 15) is 0 Å². The summed E-state index contributed by atoms with van der Waals surface area (Å²) in [5.41, 5.74) is 2.92. The van der Waals surface area contributed by atoms with Gasteiger partial charge in [-0.15, -0.1) is 0 Å². The predicted molar refractivity (Wildman–Crippen MR) is 94.1 cm³/mol. The Balaban J connectivity index is 2.38. The second-order valence-corrected chi connectivity index (χ2v) is 8.29. The highest BCUT2D eigenvalue weighted by Crippen LogP contribution is 2.13. The molecule has 2 nitrogen and oxygen atoms in total. The van der Waals surface area contributed by atoms with Crippen molar-refractivity contribution < 1.29 is 9.16 Å². The van der Waals surface area contributed by atoms with Crippen molar-refractivity contribution >= 4 is 15.1 Å². The summed E-state index contributed by atoms with van der Waals surface area (Å²) in [6.07, 6.45) is 5.24. The Kier molecular flexibility index (Phi) is 9.31. The molecule has 21 heavy (non-hydrogen) atoms. The molecule has 118 valence electrons. The van der Waals surface area contributed by atoms with Crippen molar-refractivity contribution in [2.75, 3.05) is 13.2 Å². The number of benzene rings is 1. The van der Waals surface area contributed by atoms with Crippen molar-refractivity contribution in [2.45, 2.75) is 51.8 Å². The summed E-state index contributed by atoms with van der Waals surface area (Å²) in [7, 11) is -1.23. The zero-order valence-electron chi connectivity index (χ0n) is 13.8. The largest absolute Gasteiger partial charge is 0.417 e. The van der Waals surface area contributed by atoms with Crippen molar-refractivity contribution in [2.24, 2.45) is 0 Å². The number of aryl methyl sites for hydroxylation is 1. The molecule has 0 aliphatic heterocycles. The summed E-state index contributed by atoms with van der Waals surface area (Å²) in [5.74, 6) is 0. The van der Waals surface area contributed by atoms with Crippen molar-refractivity contribution in [3.63, 3.8) is 0 Å². The van der Waals surface area contributed by atoms with E-state index < -0.39 is 9.04 Å². The van der Waals surface area contributed by atoms with E-state index in [1.54, 1.807) is 0 Å². The molecule has 1 aromatic carbocycles. The number of hydrogen-bond acceptors (Lipinski definition) is 2. The van der Waals surface area contributed by atoms with E-state index in [0.717, 1.165) is 26.1 Å². The van der Waals surface area contributed by atoms with Crippen molar-refractivity contribution in [3.05, 3.63) is 42.0 Å². The van der Waals surface area contributed by atoms with Crippen LogP contribution in [0.3, 0.4) is 0 Å². The zero-order chi connectivity index (χ0) is 15.5. The van der Waals surface area contributed by atoms with Crippen LogP contribution in [-0.4, -0.2) is 28.0 Å². The third kappa shape index (κ3) is 6.59. The van der Waals surface area contributed by atoms with Gasteiger partial charge in [0.2, 0.25) is 9.04 Å². The Labute approximate surface area is 131 Å². The maximum absolute atomic E-state index is 6.18. The topological polar surface area (TPSA) is 18.5 Å². The van der Waals surface area contributed by atoms with Crippen LogP contribution in [0.2, 0.25) is 6.04 Å². The molecule has 3 heteroatoms. The average Bonchev–Trinajstić information content (AvgIpc) is 2.51. The Bertz CT molecular complexity index is 406. The third-order valence-electron chi connectivity index (χ3n) is 3.72. The summed E-state index contributed by atoms with van der Waals surface area (Å²) in [5, 5.41) is 0. The summed E-state index contributed by atoms with van der Waals surface area (Å²) in [6.45, 7) is 12.0. The Morgan fingerprint density at radius 1 is 1.29 bits per heavy atom. The molecule has 0 N–H and O–H groups in total. The van der Waals surface area contributed by atoms with Crippen molar-refractivity contribution in [1.82, 2.24) is 0 Å². The SMILES string of the molecule is C=Cc1ccccc1CCCO[SiH](CCC)C(C)OCC. The van der Waals surface area contributed by atoms with Gasteiger partial charge in [0, 0.05) is 13.2 Å². The van der Waals surface area contributed by atoms with Crippen LogP contribution in [0.15, 0.2) is 30.8 Å². The molecule has 0 spiro atoms. The van der Waals surface area contributed by atoms with E-state index >= 15 is 0 Å². The first-order valence-corrected chi connectivity index (χ1v) is 10.1. The molecule has 0 bridgehead atoms. The van der Waals surface area contributed by atoms with Crippen LogP contribution in [0.5, 0.6) is 0 Å². The highest BCUT2D eigenvalue weighted by Gasteiger charge is 2.19. The second-order valence-electron chi connectivity index (χ2n) is 5.36. The van der Waals surface area contributed by atoms with E-state index in [1.807, 2.05) is 6.08 Å². The van der Waals surface area contributed by atoms with Crippen molar-refractivity contribution in [1.29, 1.82) is 0 Å². The van der Waals surface area contributed by atoms with Crippen LogP contribution in [-0.2, 0) is 15.6 Å². The van der Waals surface area contributed by atoms with Crippen LogP contribution in [0, 0.1) is 0 Å². The van der Waals surface area contributed by atoms with Gasteiger partial charge in [0.05, 0.1) is 5.73 Å².